The fourth-order valence-electron chi connectivity index (χ4n) is 5.04. The molecule has 3 heterocycles. The van der Waals surface area contributed by atoms with E-state index in [0.717, 1.165) is 18.4 Å². The van der Waals surface area contributed by atoms with Crippen LogP contribution in [0.2, 0.25) is 0 Å². The van der Waals surface area contributed by atoms with Crippen LogP contribution in [-0.4, -0.2) is 69.0 Å². The van der Waals surface area contributed by atoms with Crippen molar-refractivity contribution in [2.75, 3.05) is 37.8 Å². The van der Waals surface area contributed by atoms with Gasteiger partial charge in [-0.25, -0.2) is 4.98 Å². The fourth-order valence-corrected chi connectivity index (χ4v) is 5.04. The topological polar surface area (TPSA) is 162 Å². The number of alkyl halides is 3. The van der Waals surface area contributed by atoms with Crippen molar-refractivity contribution in [1.82, 2.24) is 19.4 Å². The molecule has 0 bridgehead atoms. The maximum Gasteiger partial charge on any atom is 0.390 e. The Morgan fingerprint density at radius 2 is 1.90 bits per heavy atom. The van der Waals surface area contributed by atoms with Gasteiger partial charge in [0.15, 0.2) is 5.65 Å². The van der Waals surface area contributed by atoms with Gasteiger partial charge in [0.1, 0.15) is 17.1 Å². The van der Waals surface area contributed by atoms with Gasteiger partial charge in [-0.1, -0.05) is 6.07 Å². The van der Waals surface area contributed by atoms with Crippen LogP contribution in [0.25, 0.3) is 11.0 Å². The summed E-state index contributed by atoms with van der Waals surface area (Å²) in [7, 11) is 1.51. The number of benzene rings is 1. The van der Waals surface area contributed by atoms with Crippen LogP contribution in [-0.2, 0) is 6.54 Å². The average Bonchev–Trinajstić information content (AvgIpc) is 2.89. The number of hydrogen-bond acceptors (Lipinski definition) is 9. The zero-order chi connectivity index (χ0) is 30.1. The van der Waals surface area contributed by atoms with Gasteiger partial charge in [0.2, 0.25) is 11.4 Å². The van der Waals surface area contributed by atoms with E-state index in [0.29, 0.717) is 24.5 Å². The summed E-state index contributed by atoms with van der Waals surface area (Å²) in [6.07, 6.45) is -2.25. The number of carbonyl (C=O) groups excluding carboxylic acids is 1. The molecule has 0 unspecified atom stereocenters. The van der Waals surface area contributed by atoms with Gasteiger partial charge in [-0.3, -0.25) is 9.59 Å². The lowest BCUT2D eigenvalue weighted by molar-refractivity contribution is -0.138. The average molecular weight is 614 g/mol. The number of amides is 1. The first kappa shape index (κ1) is 32.9. The standard InChI is InChI=1S/C27H34F3N7O4.ClH/c1-26(2,40)14-37-22(31)20(23(32)39)21(38)17-13-33-25(35-24(17)37)34-18-5-4-16(12-19(18)41-3)15-6-9-36(10-7-15)11-8-27(28,29)30;/h4-5,12-13,15,40H,6-11,14,31H2,1-3H3,(H2,32,39)(H,33,34,35);1H. The summed E-state index contributed by atoms with van der Waals surface area (Å²) < 4.78 is 44.6. The van der Waals surface area contributed by atoms with E-state index >= 15 is 0 Å². The fraction of sp³-hybridized carbons (Fsp3) is 0.481. The Hall–Kier alpha value is -3.62. The molecule has 0 radical (unpaired) electrons. The second kappa shape index (κ2) is 12.7. The van der Waals surface area contributed by atoms with Gasteiger partial charge in [0.25, 0.3) is 5.91 Å². The van der Waals surface area contributed by atoms with Gasteiger partial charge in [-0.05, 0) is 63.4 Å². The van der Waals surface area contributed by atoms with Crippen molar-refractivity contribution in [3.8, 4) is 5.75 Å². The molecule has 3 aromatic rings. The zero-order valence-electron chi connectivity index (χ0n) is 23.5. The molecule has 1 aliphatic rings. The lowest BCUT2D eigenvalue weighted by Crippen LogP contribution is -2.35. The first-order valence-electron chi connectivity index (χ1n) is 13.1. The van der Waals surface area contributed by atoms with Crippen LogP contribution >= 0.6 is 12.4 Å². The minimum absolute atomic E-state index is 0. The van der Waals surface area contributed by atoms with Crippen molar-refractivity contribution in [2.24, 2.45) is 5.73 Å². The highest BCUT2D eigenvalue weighted by molar-refractivity contribution is 6.00. The molecular formula is C27H35ClF3N7O4. The number of nitrogens with two attached hydrogens (primary N) is 2. The molecule has 1 saturated heterocycles. The van der Waals surface area contributed by atoms with E-state index in [1.807, 2.05) is 17.0 Å². The number of nitrogen functional groups attached to an aromatic ring is 1. The van der Waals surface area contributed by atoms with Crippen molar-refractivity contribution < 1.29 is 27.8 Å². The second-order valence-corrected chi connectivity index (χ2v) is 10.8. The van der Waals surface area contributed by atoms with Gasteiger partial charge in [0.05, 0.1) is 36.8 Å². The molecule has 1 aromatic carbocycles. The maximum absolute atomic E-state index is 12.9. The Labute approximate surface area is 246 Å². The number of nitrogens with one attached hydrogen (secondary N) is 1. The van der Waals surface area contributed by atoms with E-state index in [-0.39, 0.29) is 54.2 Å². The molecule has 1 fully saturated rings. The number of pyridine rings is 1. The summed E-state index contributed by atoms with van der Waals surface area (Å²) in [5.41, 5.74) is 10.8. The van der Waals surface area contributed by atoms with E-state index in [2.05, 4.69) is 15.3 Å². The summed E-state index contributed by atoms with van der Waals surface area (Å²) >= 11 is 0. The second-order valence-electron chi connectivity index (χ2n) is 10.8. The summed E-state index contributed by atoms with van der Waals surface area (Å²) in [5.74, 6) is -0.429. The molecule has 4 rings (SSSR count). The van der Waals surface area contributed by atoms with Crippen LogP contribution in [0.1, 0.15) is 54.9 Å². The molecule has 11 nitrogen and oxygen atoms in total. The Kier molecular flexibility index (Phi) is 9.96. The molecule has 230 valence electrons. The normalized spacial score (nSPS) is 14.9. The summed E-state index contributed by atoms with van der Waals surface area (Å²) in [4.78, 5) is 35.4. The molecule has 2 aromatic heterocycles. The number of likely N-dealkylation sites (tertiary alicyclic amines) is 1. The lowest BCUT2D eigenvalue weighted by Gasteiger charge is -2.32. The Bertz CT molecular complexity index is 1500. The number of piperidine rings is 1. The van der Waals surface area contributed by atoms with Gasteiger partial charge < -0.3 is 36.1 Å². The lowest BCUT2D eigenvalue weighted by atomic mass is 9.89. The predicted molar refractivity (Wildman–Crippen MR) is 156 cm³/mol. The molecule has 0 saturated carbocycles. The molecule has 0 aliphatic carbocycles. The van der Waals surface area contributed by atoms with E-state index in [4.69, 9.17) is 16.2 Å². The number of aromatic nitrogens is 3. The number of carbonyl (C=O) groups is 1. The van der Waals surface area contributed by atoms with E-state index in [1.165, 1.54) is 17.9 Å². The van der Waals surface area contributed by atoms with Crippen LogP contribution in [0.5, 0.6) is 5.75 Å². The minimum atomic E-state index is -4.16. The number of nitrogens with zero attached hydrogens (tertiary/aromatic N) is 4. The molecule has 0 spiro atoms. The molecule has 1 aliphatic heterocycles. The van der Waals surface area contributed by atoms with Crippen molar-refractivity contribution in [1.29, 1.82) is 0 Å². The third kappa shape index (κ3) is 7.61. The number of rotatable bonds is 9. The predicted octanol–water partition coefficient (Wildman–Crippen LogP) is 3.55. The monoisotopic (exact) mass is 613 g/mol. The number of methoxy groups -OCH3 is 1. The summed E-state index contributed by atoms with van der Waals surface area (Å²) in [6.45, 7) is 4.17. The highest BCUT2D eigenvalue weighted by atomic mass is 35.5. The summed E-state index contributed by atoms with van der Waals surface area (Å²) in [6, 6.07) is 5.59. The van der Waals surface area contributed by atoms with Crippen LogP contribution in [0.3, 0.4) is 0 Å². The first-order chi connectivity index (χ1) is 19.2. The van der Waals surface area contributed by atoms with E-state index in [1.54, 1.807) is 19.9 Å². The number of hydrogen-bond donors (Lipinski definition) is 4. The van der Waals surface area contributed by atoms with Crippen LogP contribution in [0, 0.1) is 0 Å². The van der Waals surface area contributed by atoms with Gasteiger partial charge in [-0.15, -0.1) is 12.4 Å². The van der Waals surface area contributed by atoms with E-state index in [9.17, 15) is 27.9 Å². The maximum atomic E-state index is 12.9. The quantitative estimate of drug-likeness (QED) is 0.283. The number of primary amides is 1. The number of aliphatic hydroxyl groups is 1. The van der Waals surface area contributed by atoms with Crippen molar-refractivity contribution in [3.63, 3.8) is 0 Å². The number of ether oxygens (including phenoxy) is 1. The van der Waals surface area contributed by atoms with Gasteiger partial charge in [-0.2, -0.15) is 18.2 Å². The van der Waals surface area contributed by atoms with Gasteiger partial charge in [0, 0.05) is 12.7 Å². The molecule has 15 heteroatoms. The van der Waals surface area contributed by atoms with Crippen LogP contribution in [0.15, 0.2) is 29.2 Å². The highest BCUT2D eigenvalue weighted by Gasteiger charge is 2.30. The minimum Gasteiger partial charge on any atom is -0.495 e. The summed E-state index contributed by atoms with van der Waals surface area (Å²) in [5, 5.41) is 13.5. The smallest absolute Gasteiger partial charge is 0.390 e. The number of fused-ring (bicyclic) bond motifs is 1. The van der Waals surface area contributed by atoms with Gasteiger partial charge >= 0.3 is 6.18 Å². The van der Waals surface area contributed by atoms with Crippen molar-refractivity contribution >= 4 is 46.8 Å². The highest BCUT2D eigenvalue weighted by Crippen LogP contribution is 2.35. The Morgan fingerprint density at radius 3 is 2.48 bits per heavy atom. The molecule has 6 N–H and O–H groups in total. The van der Waals surface area contributed by atoms with Crippen molar-refractivity contribution in [2.45, 2.75) is 57.3 Å². The largest absolute Gasteiger partial charge is 0.495 e. The molecule has 1 amide bonds. The zero-order valence-corrected chi connectivity index (χ0v) is 24.3. The number of halogens is 4. The molecule has 0 atom stereocenters. The Balaban J connectivity index is 0.00000484. The Morgan fingerprint density at radius 1 is 1.24 bits per heavy atom. The number of anilines is 3. The van der Waals surface area contributed by atoms with E-state index < -0.39 is 35.1 Å². The van der Waals surface area contributed by atoms with Crippen molar-refractivity contribution in [3.05, 3.63) is 45.7 Å². The molecule has 42 heavy (non-hydrogen) atoms. The SMILES string of the molecule is COc1cc(C2CCN(CCC(F)(F)F)CC2)ccc1Nc1ncc2c(=O)c(C(N)=O)c(N)n(CC(C)(C)O)c2n1.Cl. The molecular weight excluding hydrogens is 579 g/mol. The first-order valence-corrected chi connectivity index (χ1v) is 13.1. The van der Waals surface area contributed by atoms with Crippen LogP contribution < -0.4 is 26.9 Å². The van der Waals surface area contributed by atoms with Crippen LogP contribution in [0.4, 0.5) is 30.6 Å². The third-order valence-corrected chi connectivity index (χ3v) is 7.08. The third-order valence-electron chi connectivity index (χ3n) is 7.08.